The average Bonchev–Trinajstić information content (AvgIpc) is 2.94. The molecule has 0 unspecified atom stereocenters. The van der Waals surface area contributed by atoms with Gasteiger partial charge in [0, 0.05) is 23.4 Å². The van der Waals surface area contributed by atoms with Gasteiger partial charge in [0.15, 0.2) is 5.58 Å². The van der Waals surface area contributed by atoms with Gasteiger partial charge in [-0.3, -0.25) is 4.79 Å². The minimum Gasteiger partial charge on any atom is -0.489 e. The van der Waals surface area contributed by atoms with Crippen LogP contribution in [0, 0.1) is 20.8 Å². The molecule has 0 saturated heterocycles. The van der Waals surface area contributed by atoms with E-state index in [-0.39, 0.29) is 5.56 Å². The van der Waals surface area contributed by atoms with Gasteiger partial charge in [0.05, 0.1) is 5.52 Å². The maximum Gasteiger partial charge on any atom is 0.294 e. The lowest BCUT2D eigenvalue weighted by molar-refractivity contribution is 0.304. The van der Waals surface area contributed by atoms with Crippen LogP contribution in [-0.4, -0.2) is 4.57 Å². The van der Waals surface area contributed by atoms with Gasteiger partial charge in [-0.15, -0.1) is 0 Å². The van der Waals surface area contributed by atoms with Gasteiger partial charge in [-0.25, -0.2) is 0 Å². The van der Waals surface area contributed by atoms with Crippen LogP contribution in [0.5, 0.6) is 5.75 Å². The van der Waals surface area contributed by atoms with Crippen LogP contribution in [0.1, 0.15) is 22.5 Å². The van der Waals surface area contributed by atoms with Gasteiger partial charge in [-0.05, 0) is 50.1 Å². The molecule has 0 aliphatic rings. The number of fused-ring (bicyclic) bond motifs is 3. The SMILES string of the molecule is Cc1cc(C)cc(OCc2c(C)oc3c(=O)n(C)c4ccccc4c23)c1. The molecule has 4 aromatic rings. The Morgan fingerprint density at radius 3 is 2.46 bits per heavy atom. The van der Waals surface area contributed by atoms with Crippen LogP contribution in [0.4, 0.5) is 0 Å². The summed E-state index contributed by atoms with van der Waals surface area (Å²) in [5.41, 5.74) is 4.40. The van der Waals surface area contributed by atoms with Crippen molar-refractivity contribution in [1.29, 1.82) is 0 Å². The number of aromatic nitrogens is 1. The lowest BCUT2D eigenvalue weighted by Gasteiger charge is -2.10. The monoisotopic (exact) mass is 347 g/mol. The fourth-order valence-electron chi connectivity index (χ4n) is 3.60. The summed E-state index contributed by atoms with van der Waals surface area (Å²) in [5, 5.41) is 1.85. The predicted octanol–water partition coefficient (Wildman–Crippen LogP) is 4.79. The van der Waals surface area contributed by atoms with E-state index in [1.807, 2.05) is 43.3 Å². The fourth-order valence-corrected chi connectivity index (χ4v) is 3.60. The second kappa shape index (κ2) is 6.06. The summed E-state index contributed by atoms with van der Waals surface area (Å²) in [5.74, 6) is 1.54. The Hall–Kier alpha value is -3.01. The molecule has 4 rings (SSSR count). The Morgan fingerprint density at radius 2 is 1.73 bits per heavy atom. The Labute approximate surface area is 151 Å². The van der Waals surface area contributed by atoms with Crippen molar-refractivity contribution in [3.05, 3.63) is 75.3 Å². The van der Waals surface area contributed by atoms with Gasteiger partial charge in [-0.2, -0.15) is 0 Å². The van der Waals surface area contributed by atoms with Crippen molar-refractivity contribution < 1.29 is 9.15 Å². The first-order valence-electron chi connectivity index (χ1n) is 8.66. The van der Waals surface area contributed by atoms with Crippen molar-refractivity contribution in [3.63, 3.8) is 0 Å². The Bertz CT molecular complexity index is 1180. The van der Waals surface area contributed by atoms with E-state index in [0.29, 0.717) is 12.2 Å². The van der Waals surface area contributed by atoms with E-state index in [1.54, 1.807) is 11.6 Å². The Balaban J connectivity index is 1.87. The molecule has 0 amide bonds. The van der Waals surface area contributed by atoms with Gasteiger partial charge in [0.2, 0.25) is 0 Å². The zero-order valence-electron chi connectivity index (χ0n) is 15.4. The number of furan rings is 1. The van der Waals surface area contributed by atoms with Crippen LogP contribution in [0.2, 0.25) is 0 Å². The lowest BCUT2D eigenvalue weighted by Crippen LogP contribution is -2.16. The molecule has 0 aliphatic heterocycles. The third-order valence-electron chi connectivity index (χ3n) is 4.82. The highest BCUT2D eigenvalue weighted by Crippen LogP contribution is 2.31. The van der Waals surface area contributed by atoms with E-state index in [1.165, 1.54) is 0 Å². The molecular weight excluding hydrogens is 326 g/mol. The van der Waals surface area contributed by atoms with Crippen molar-refractivity contribution in [2.75, 3.05) is 0 Å². The number of pyridine rings is 1. The van der Waals surface area contributed by atoms with Crippen molar-refractivity contribution in [1.82, 2.24) is 4.57 Å². The molecule has 26 heavy (non-hydrogen) atoms. The molecule has 0 bridgehead atoms. The van der Waals surface area contributed by atoms with E-state index < -0.39 is 0 Å². The van der Waals surface area contributed by atoms with Gasteiger partial charge in [0.1, 0.15) is 18.1 Å². The third kappa shape index (κ3) is 2.58. The van der Waals surface area contributed by atoms with E-state index >= 15 is 0 Å². The molecule has 0 radical (unpaired) electrons. The molecule has 2 aromatic carbocycles. The molecule has 0 atom stereocenters. The number of nitrogens with zero attached hydrogens (tertiary/aromatic N) is 1. The normalized spacial score (nSPS) is 11.4. The lowest BCUT2D eigenvalue weighted by atomic mass is 10.1. The van der Waals surface area contributed by atoms with E-state index in [0.717, 1.165) is 44.5 Å². The second-order valence-electron chi connectivity index (χ2n) is 6.83. The summed E-state index contributed by atoms with van der Waals surface area (Å²) in [7, 11) is 1.77. The standard InChI is InChI=1S/C22H21NO3/c1-13-9-14(2)11-16(10-13)25-12-18-15(3)26-21-20(18)17-7-5-6-8-19(17)23(4)22(21)24/h5-11H,12H2,1-4H3. The van der Waals surface area contributed by atoms with Gasteiger partial charge in [0.25, 0.3) is 5.56 Å². The summed E-state index contributed by atoms with van der Waals surface area (Å²) in [6, 6.07) is 14.0. The molecule has 2 aromatic heterocycles. The minimum atomic E-state index is -0.126. The highest BCUT2D eigenvalue weighted by atomic mass is 16.5. The maximum atomic E-state index is 12.7. The number of benzene rings is 2. The van der Waals surface area contributed by atoms with Gasteiger partial charge >= 0.3 is 0 Å². The number of para-hydroxylation sites is 1. The van der Waals surface area contributed by atoms with Crippen molar-refractivity contribution in [3.8, 4) is 5.75 Å². The number of hydrogen-bond donors (Lipinski definition) is 0. The third-order valence-corrected chi connectivity index (χ3v) is 4.82. The minimum absolute atomic E-state index is 0.126. The molecule has 0 saturated carbocycles. The first-order valence-corrected chi connectivity index (χ1v) is 8.66. The molecule has 132 valence electrons. The summed E-state index contributed by atoms with van der Waals surface area (Å²) in [4.78, 5) is 12.7. The van der Waals surface area contributed by atoms with E-state index in [4.69, 9.17) is 9.15 Å². The maximum absolute atomic E-state index is 12.7. The number of aryl methyl sites for hydroxylation is 4. The molecule has 4 nitrogen and oxygen atoms in total. The predicted molar refractivity (Wildman–Crippen MR) is 104 cm³/mol. The fraction of sp³-hybridized carbons (Fsp3) is 0.227. The van der Waals surface area contributed by atoms with Crippen molar-refractivity contribution in [2.45, 2.75) is 27.4 Å². The topological polar surface area (TPSA) is 44.4 Å². The van der Waals surface area contributed by atoms with E-state index in [9.17, 15) is 4.79 Å². The van der Waals surface area contributed by atoms with Gasteiger partial charge < -0.3 is 13.7 Å². The molecule has 0 N–H and O–H groups in total. The molecule has 0 aliphatic carbocycles. The van der Waals surface area contributed by atoms with Crippen LogP contribution in [0.3, 0.4) is 0 Å². The largest absolute Gasteiger partial charge is 0.489 e. The number of hydrogen-bond acceptors (Lipinski definition) is 3. The molecule has 0 spiro atoms. The summed E-state index contributed by atoms with van der Waals surface area (Å²) in [6.07, 6.45) is 0. The molecule has 2 heterocycles. The van der Waals surface area contributed by atoms with Crippen molar-refractivity contribution in [2.24, 2.45) is 7.05 Å². The van der Waals surface area contributed by atoms with E-state index in [2.05, 4.69) is 19.9 Å². The second-order valence-corrected chi connectivity index (χ2v) is 6.83. The van der Waals surface area contributed by atoms with Crippen LogP contribution >= 0.6 is 0 Å². The van der Waals surface area contributed by atoms with Crippen LogP contribution in [0.25, 0.3) is 21.9 Å². The zero-order chi connectivity index (χ0) is 18.4. The average molecular weight is 347 g/mol. The summed E-state index contributed by atoms with van der Waals surface area (Å²) < 4.78 is 13.5. The number of ether oxygens (including phenoxy) is 1. The summed E-state index contributed by atoms with van der Waals surface area (Å²) in [6.45, 7) is 6.35. The Kier molecular flexibility index (Phi) is 3.83. The first kappa shape index (κ1) is 16.5. The highest BCUT2D eigenvalue weighted by molar-refractivity contribution is 6.06. The summed E-state index contributed by atoms with van der Waals surface area (Å²) >= 11 is 0. The van der Waals surface area contributed by atoms with Crippen LogP contribution in [-0.2, 0) is 13.7 Å². The molecular formula is C22H21NO3. The van der Waals surface area contributed by atoms with Crippen LogP contribution in [0.15, 0.2) is 51.7 Å². The quantitative estimate of drug-likeness (QED) is 0.535. The Morgan fingerprint density at radius 1 is 1.04 bits per heavy atom. The molecule has 4 heteroatoms. The van der Waals surface area contributed by atoms with Gasteiger partial charge in [-0.1, -0.05) is 24.3 Å². The first-order chi connectivity index (χ1) is 12.5. The number of rotatable bonds is 3. The molecule has 0 fully saturated rings. The zero-order valence-corrected chi connectivity index (χ0v) is 15.4. The highest BCUT2D eigenvalue weighted by Gasteiger charge is 2.19. The van der Waals surface area contributed by atoms with Crippen molar-refractivity contribution >= 4 is 21.9 Å². The van der Waals surface area contributed by atoms with Crippen LogP contribution < -0.4 is 10.3 Å². The smallest absolute Gasteiger partial charge is 0.294 e.